The number of amides is 1. The zero-order valence-electron chi connectivity index (χ0n) is 18.7. The Balaban J connectivity index is 1.50. The fourth-order valence-electron chi connectivity index (χ4n) is 4.91. The first kappa shape index (κ1) is 20.6. The van der Waals surface area contributed by atoms with Crippen LogP contribution in [-0.2, 0) is 13.0 Å². The Kier molecular flexibility index (Phi) is 5.62. The van der Waals surface area contributed by atoms with Crippen LogP contribution in [0.3, 0.4) is 0 Å². The monoisotopic (exact) mass is 427 g/mol. The number of fused-ring (bicyclic) bond motifs is 1. The highest BCUT2D eigenvalue weighted by Crippen LogP contribution is 2.35. The highest BCUT2D eigenvalue weighted by Gasteiger charge is 2.34. The summed E-state index contributed by atoms with van der Waals surface area (Å²) >= 11 is 0. The van der Waals surface area contributed by atoms with Crippen molar-refractivity contribution < 1.29 is 4.79 Å². The lowest BCUT2D eigenvalue weighted by molar-refractivity contribution is 0.0730. The Labute approximate surface area is 189 Å². The van der Waals surface area contributed by atoms with E-state index >= 15 is 0 Å². The third-order valence-corrected chi connectivity index (χ3v) is 6.56. The van der Waals surface area contributed by atoms with Gasteiger partial charge in [0.1, 0.15) is 5.82 Å². The van der Waals surface area contributed by atoms with Gasteiger partial charge in [-0.1, -0.05) is 48.5 Å². The minimum Gasteiger partial charge on any atom is -0.373 e. The second kappa shape index (κ2) is 8.71. The van der Waals surface area contributed by atoms with Gasteiger partial charge in [0, 0.05) is 37.8 Å². The number of benzene rings is 2. The molecule has 2 aromatic carbocycles. The molecule has 1 N–H and O–H groups in total. The number of likely N-dealkylation sites (N-methyl/N-ethyl adjacent to an activating group) is 1. The molecule has 0 radical (unpaired) electrons. The average Bonchev–Trinajstić information content (AvgIpc) is 3.33. The van der Waals surface area contributed by atoms with Crippen molar-refractivity contribution >= 4 is 11.7 Å². The Hall–Kier alpha value is -3.25. The molecule has 6 heteroatoms. The number of nitrogens with one attached hydrogen (secondary N) is 1. The number of nitrogens with zero attached hydrogens (tertiary/aromatic N) is 4. The van der Waals surface area contributed by atoms with E-state index in [1.807, 2.05) is 54.4 Å². The van der Waals surface area contributed by atoms with Gasteiger partial charge in [0.15, 0.2) is 5.82 Å². The Bertz CT molecular complexity index is 1130. The van der Waals surface area contributed by atoms with Crippen LogP contribution < -0.4 is 5.32 Å². The molecule has 1 saturated heterocycles. The summed E-state index contributed by atoms with van der Waals surface area (Å²) in [7, 11) is 4.04. The fraction of sp³-hybridized carbons (Fsp3) is 0.346. The van der Waals surface area contributed by atoms with Crippen LogP contribution in [0.2, 0.25) is 0 Å². The fourth-order valence-corrected chi connectivity index (χ4v) is 4.91. The lowest BCUT2D eigenvalue weighted by atomic mass is 9.98. The summed E-state index contributed by atoms with van der Waals surface area (Å²) in [5.74, 6) is 1.71. The predicted molar refractivity (Wildman–Crippen MR) is 127 cm³/mol. The van der Waals surface area contributed by atoms with Gasteiger partial charge in [-0.3, -0.25) is 4.79 Å². The van der Waals surface area contributed by atoms with Crippen LogP contribution in [0.1, 0.15) is 46.3 Å². The van der Waals surface area contributed by atoms with E-state index < -0.39 is 0 Å². The van der Waals surface area contributed by atoms with Crippen molar-refractivity contribution in [3.63, 3.8) is 0 Å². The minimum absolute atomic E-state index is 0.0522. The lowest BCUT2D eigenvalue weighted by Gasteiger charge is -2.29. The van der Waals surface area contributed by atoms with Gasteiger partial charge < -0.3 is 15.1 Å². The summed E-state index contributed by atoms with van der Waals surface area (Å²) < 4.78 is 0. The summed E-state index contributed by atoms with van der Waals surface area (Å²) in [5, 5.41) is 3.27. The molecule has 1 fully saturated rings. The molecule has 6 nitrogen and oxygen atoms in total. The van der Waals surface area contributed by atoms with Crippen molar-refractivity contribution in [1.82, 2.24) is 19.8 Å². The van der Waals surface area contributed by atoms with Gasteiger partial charge in [-0.15, -0.1) is 0 Å². The Morgan fingerprint density at radius 2 is 1.81 bits per heavy atom. The van der Waals surface area contributed by atoms with Gasteiger partial charge in [0.25, 0.3) is 5.91 Å². The van der Waals surface area contributed by atoms with Gasteiger partial charge in [-0.25, -0.2) is 9.97 Å². The molecular formula is C26H29N5O. The van der Waals surface area contributed by atoms with Crippen LogP contribution in [0.4, 0.5) is 5.82 Å². The largest absolute Gasteiger partial charge is 0.373 e. The maximum atomic E-state index is 13.8. The topological polar surface area (TPSA) is 61.4 Å². The summed E-state index contributed by atoms with van der Waals surface area (Å²) in [4.78, 5) is 27.9. The van der Waals surface area contributed by atoms with Gasteiger partial charge in [-0.2, -0.15) is 0 Å². The van der Waals surface area contributed by atoms with E-state index in [0.29, 0.717) is 0 Å². The zero-order valence-corrected chi connectivity index (χ0v) is 18.7. The van der Waals surface area contributed by atoms with E-state index in [1.54, 1.807) is 0 Å². The highest BCUT2D eigenvalue weighted by atomic mass is 16.2. The van der Waals surface area contributed by atoms with Crippen molar-refractivity contribution in [3.8, 4) is 11.1 Å². The highest BCUT2D eigenvalue weighted by molar-refractivity contribution is 6.01. The Morgan fingerprint density at radius 3 is 2.62 bits per heavy atom. The van der Waals surface area contributed by atoms with Crippen LogP contribution in [0, 0.1) is 0 Å². The molecule has 3 aromatic rings. The van der Waals surface area contributed by atoms with Crippen LogP contribution in [0.25, 0.3) is 11.1 Å². The normalized spacial score (nSPS) is 18.4. The number of rotatable bonds is 4. The third kappa shape index (κ3) is 3.75. The summed E-state index contributed by atoms with van der Waals surface area (Å²) in [6, 6.07) is 17.9. The van der Waals surface area contributed by atoms with E-state index in [0.717, 1.165) is 72.9 Å². The van der Waals surface area contributed by atoms with Gasteiger partial charge >= 0.3 is 0 Å². The van der Waals surface area contributed by atoms with Gasteiger partial charge in [0.2, 0.25) is 0 Å². The quantitative estimate of drug-likeness (QED) is 0.678. The van der Waals surface area contributed by atoms with Gasteiger partial charge in [-0.05, 0) is 43.5 Å². The number of carbonyl (C=O) groups is 1. The number of anilines is 1. The molecule has 164 valence electrons. The SMILES string of the molecule is CNc1nc([C@@H]2CCCN2C(=O)c2ccccc2-c2ccccc2)nc2c1CCN(C)C2. The van der Waals surface area contributed by atoms with Crippen molar-refractivity contribution in [1.29, 1.82) is 0 Å². The van der Waals surface area contributed by atoms with Crippen LogP contribution in [0.5, 0.6) is 0 Å². The molecule has 0 bridgehead atoms. The molecule has 0 unspecified atom stereocenters. The third-order valence-electron chi connectivity index (χ3n) is 6.56. The molecule has 1 amide bonds. The van der Waals surface area contributed by atoms with Crippen LogP contribution >= 0.6 is 0 Å². The summed E-state index contributed by atoms with van der Waals surface area (Å²) in [5.41, 5.74) is 5.04. The molecule has 32 heavy (non-hydrogen) atoms. The molecule has 0 aliphatic carbocycles. The Morgan fingerprint density at radius 1 is 1.03 bits per heavy atom. The first-order valence-corrected chi connectivity index (χ1v) is 11.4. The molecule has 3 heterocycles. The van der Waals surface area contributed by atoms with E-state index in [4.69, 9.17) is 9.97 Å². The smallest absolute Gasteiger partial charge is 0.255 e. The molecule has 1 aromatic heterocycles. The number of likely N-dealkylation sites (tertiary alicyclic amines) is 1. The number of hydrogen-bond acceptors (Lipinski definition) is 5. The minimum atomic E-state index is -0.101. The second-order valence-corrected chi connectivity index (χ2v) is 8.66. The zero-order chi connectivity index (χ0) is 22.1. The number of aromatic nitrogens is 2. The summed E-state index contributed by atoms with van der Waals surface area (Å²) in [6.45, 7) is 2.55. The molecule has 5 rings (SSSR count). The van der Waals surface area contributed by atoms with Gasteiger partial charge in [0.05, 0.1) is 11.7 Å². The van der Waals surface area contributed by atoms with E-state index in [9.17, 15) is 4.79 Å². The molecular weight excluding hydrogens is 398 g/mol. The first-order valence-electron chi connectivity index (χ1n) is 11.4. The molecule has 0 saturated carbocycles. The summed E-state index contributed by atoms with van der Waals surface area (Å²) in [6.07, 6.45) is 2.79. The number of carbonyl (C=O) groups excluding carboxylic acids is 1. The van der Waals surface area contributed by atoms with E-state index in [-0.39, 0.29) is 11.9 Å². The first-order chi connectivity index (χ1) is 15.7. The molecule has 2 aliphatic heterocycles. The predicted octanol–water partition coefficient (Wildman–Crippen LogP) is 4.15. The van der Waals surface area contributed by atoms with Crippen molar-refractivity contribution in [2.45, 2.75) is 31.8 Å². The van der Waals surface area contributed by atoms with Crippen molar-refractivity contribution in [2.75, 3.05) is 32.5 Å². The number of hydrogen-bond donors (Lipinski definition) is 1. The van der Waals surface area contributed by atoms with Crippen molar-refractivity contribution in [3.05, 3.63) is 77.2 Å². The van der Waals surface area contributed by atoms with Crippen LogP contribution in [0.15, 0.2) is 54.6 Å². The molecule has 0 spiro atoms. The maximum absolute atomic E-state index is 13.8. The van der Waals surface area contributed by atoms with Crippen LogP contribution in [-0.4, -0.2) is 52.9 Å². The van der Waals surface area contributed by atoms with E-state index in [1.165, 1.54) is 5.56 Å². The standard InChI is InChI=1S/C26H29N5O/c1-27-24-21-14-16-30(2)17-22(21)28-25(29-24)23-13-8-15-31(23)26(32)20-12-7-6-11-19(20)18-9-4-3-5-10-18/h3-7,9-12,23H,8,13-17H2,1-2H3,(H,27,28,29)/t23-/m0/s1. The maximum Gasteiger partial charge on any atom is 0.255 e. The lowest BCUT2D eigenvalue weighted by Crippen LogP contribution is -2.33. The van der Waals surface area contributed by atoms with E-state index in [2.05, 4.69) is 29.4 Å². The molecule has 2 aliphatic rings. The average molecular weight is 428 g/mol. The second-order valence-electron chi connectivity index (χ2n) is 8.66. The van der Waals surface area contributed by atoms with Crippen molar-refractivity contribution in [2.24, 2.45) is 0 Å². The molecule has 1 atom stereocenters.